The standard InChI is InChI=1S/C17H25NO/c1-6-9-18-16(17(3,4)5)15-11-13-10-12(2)7-8-14(13)19-15/h7-8,10-11,16,18H,6,9H2,1-5H3. The molecule has 0 saturated carbocycles. The largest absolute Gasteiger partial charge is 0.459 e. The first-order chi connectivity index (χ1) is 8.91. The molecular formula is C17H25NO. The Labute approximate surface area is 116 Å². The van der Waals surface area contributed by atoms with Crippen LogP contribution in [0.2, 0.25) is 0 Å². The molecule has 0 spiro atoms. The minimum absolute atomic E-state index is 0.137. The van der Waals surface area contributed by atoms with E-state index in [4.69, 9.17) is 4.42 Å². The van der Waals surface area contributed by atoms with E-state index >= 15 is 0 Å². The van der Waals surface area contributed by atoms with Crippen LogP contribution < -0.4 is 5.32 Å². The van der Waals surface area contributed by atoms with Crippen LogP contribution in [0.15, 0.2) is 28.7 Å². The number of rotatable bonds is 4. The molecule has 0 aliphatic heterocycles. The van der Waals surface area contributed by atoms with Crippen LogP contribution >= 0.6 is 0 Å². The fourth-order valence-electron chi connectivity index (χ4n) is 2.45. The Bertz CT molecular complexity index is 548. The molecule has 0 radical (unpaired) electrons. The van der Waals surface area contributed by atoms with Crippen molar-refractivity contribution in [1.82, 2.24) is 5.32 Å². The van der Waals surface area contributed by atoms with E-state index in [0.717, 1.165) is 24.3 Å². The Kier molecular flexibility index (Phi) is 4.00. The molecule has 19 heavy (non-hydrogen) atoms. The molecule has 2 rings (SSSR count). The lowest BCUT2D eigenvalue weighted by atomic mass is 9.85. The summed E-state index contributed by atoms with van der Waals surface area (Å²) in [5.74, 6) is 1.04. The van der Waals surface area contributed by atoms with Gasteiger partial charge in [-0.15, -0.1) is 0 Å². The molecular weight excluding hydrogens is 234 g/mol. The molecule has 2 heteroatoms. The summed E-state index contributed by atoms with van der Waals surface area (Å²) in [4.78, 5) is 0. The summed E-state index contributed by atoms with van der Waals surface area (Å²) < 4.78 is 6.05. The van der Waals surface area contributed by atoms with Crippen molar-refractivity contribution < 1.29 is 4.42 Å². The van der Waals surface area contributed by atoms with Gasteiger partial charge in [-0.3, -0.25) is 0 Å². The predicted octanol–water partition coefficient (Wildman–Crippen LogP) is 4.83. The lowest BCUT2D eigenvalue weighted by molar-refractivity contribution is 0.242. The number of furan rings is 1. The van der Waals surface area contributed by atoms with E-state index in [9.17, 15) is 0 Å². The van der Waals surface area contributed by atoms with E-state index in [-0.39, 0.29) is 11.5 Å². The zero-order valence-electron chi connectivity index (χ0n) is 12.7. The molecule has 1 aromatic heterocycles. The van der Waals surface area contributed by atoms with Gasteiger partial charge in [0.05, 0.1) is 6.04 Å². The van der Waals surface area contributed by atoms with Gasteiger partial charge in [-0.25, -0.2) is 0 Å². The molecule has 0 saturated heterocycles. The quantitative estimate of drug-likeness (QED) is 0.851. The predicted molar refractivity (Wildman–Crippen MR) is 81.4 cm³/mol. The van der Waals surface area contributed by atoms with Crippen LogP contribution in [-0.2, 0) is 0 Å². The van der Waals surface area contributed by atoms with Gasteiger partial charge in [-0.1, -0.05) is 39.3 Å². The Hall–Kier alpha value is -1.28. The average molecular weight is 259 g/mol. The van der Waals surface area contributed by atoms with Crippen molar-refractivity contribution in [1.29, 1.82) is 0 Å². The zero-order valence-corrected chi connectivity index (χ0v) is 12.7. The van der Waals surface area contributed by atoms with E-state index in [1.54, 1.807) is 0 Å². The number of hydrogen-bond acceptors (Lipinski definition) is 2. The maximum Gasteiger partial charge on any atom is 0.134 e. The summed E-state index contributed by atoms with van der Waals surface area (Å²) in [7, 11) is 0. The smallest absolute Gasteiger partial charge is 0.134 e. The molecule has 0 bridgehead atoms. The van der Waals surface area contributed by atoms with Gasteiger partial charge < -0.3 is 9.73 Å². The van der Waals surface area contributed by atoms with E-state index in [1.165, 1.54) is 10.9 Å². The van der Waals surface area contributed by atoms with Crippen LogP contribution in [0.3, 0.4) is 0 Å². The lowest BCUT2D eigenvalue weighted by Gasteiger charge is -2.29. The lowest BCUT2D eigenvalue weighted by Crippen LogP contribution is -2.32. The van der Waals surface area contributed by atoms with Gasteiger partial charge in [0.25, 0.3) is 0 Å². The number of benzene rings is 1. The molecule has 1 atom stereocenters. The summed E-state index contributed by atoms with van der Waals surface area (Å²) in [5.41, 5.74) is 2.39. The summed E-state index contributed by atoms with van der Waals surface area (Å²) in [5, 5.41) is 4.80. The summed E-state index contributed by atoms with van der Waals surface area (Å²) in [6.45, 7) is 12.1. The zero-order chi connectivity index (χ0) is 14.0. The maximum absolute atomic E-state index is 6.05. The maximum atomic E-state index is 6.05. The molecule has 1 unspecified atom stereocenters. The van der Waals surface area contributed by atoms with Gasteiger partial charge in [-0.05, 0) is 43.5 Å². The van der Waals surface area contributed by atoms with Gasteiger partial charge in [0, 0.05) is 5.39 Å². The highest BCUT2D eigenvalue weighted by Gasteiger charge is 2.28. The molecule has 104 valence electrons. The van der Waals surface area contributed by atoms with Gasteiger partial charge in [0.1, 0.15) is 11.3 Å². The minimum Gasteiger partial charge on any atom is -0.459 e. The first-order valence-corrected chi connectivity index (χ1v) is 7.15. The number of nitrogens with one attached hydrogen (secondary N) is 1. The van der Waals surface area contributed by atoms with Crippen LogP contribution in [0.25, 0.3) is 11.0 Å². The molecule has 1 N–H and O–H groups in total. The monoisotopic (exact) mass is 259 g/mol. The van der Waals surface area contributed by atoms with Crippen molar-refractivity contribution in [3.05, 3.63) is 35.6 Å². The third-order valence-electron chi connectivity index (χ3n) is 3.44. The molecule has 2 nitrogen and oxygen atoms in total. The first kappa shape index (κ1) is 14.1. The molecule has 0 aliphatic carbocycles. The highest BCUT2D eigenvalue weighted by Crippen LogP contribution is 2.35. The van der Waals surface area contributed by atoms with E-state index in [1.807, 2.05) is 0 Å². The Morgan fingerprint density at radius 1 is 1.21 bits per heavy atom. The fraction of sp³-hybridized carbons (Fsp3) is 0.529. The second-order valence-corrected chi connectivity index (χ2v) is 6.44. The van der Waals surface area contributed by atoms with Crippen molar-refractivity contribution >= 4 is 11.0 Å². The second-order valence-electron chi connectivity index (χ2n) is 6.44. The topological polar surface area (TPSA) is 25.2 Å². The SMILES string of the molecule is CCCNC(c1cc2cc(C)ccc2o1)C(C)(C)C. The Morgan fingerprint density at radius 2 is 1.95 bits per heavy atom. The number of fused-ring (bicyclic) bond motifs is 1. The number of hydrogen-bond donors (Lipinski definition) is 1. The van der Waals surface area contributed by atoms with Crippen LogP contribution in [0.5, 0.6) is 0 Å². The van der Waals surface area contributed by atoms with Gasteiger partial charge >= 0.3 is 0 Å². The van der Waals surface area contributed by atoms with Crippen molar-refractivity contribution in [2.24, 2.45) is 5.41 Å². The summed E-state index contributed by atoms with van der Waals surface area (Å²) >= 11 is 0. The van der Waals surface area contributed by atoms with Gasteiger partial charge in [0.15, 0.2) is 0 Å². The normalized spacial score (nSPS) is 13.9. The third-order valence-corrected chi connectivity index (χ3v) is 3.44. The van der Waals surface area contributed by atoms with Crippen molar-refractivity contribution in [2.75, 3.05) is 6.54 Å². The Morgan fingerprint density at radius 3 is 2.58 bits per heavy atom. The van der Waals surface area contributed by atoms with E-state index in [2.05, 4.69) is 64.2 Å². The van der Waals surface area contributed by atoms with Gasteiger partial charge in [-0.2, -0.15) is 0 Å². The molecule has 0 amide bonds. The molecule has 0 aliphatic rings. The second kappa shape index (κ2) is 5.38. The Balaban J connectivity index is 2.38. The molecule has 0 fully saturated rings. The van der Waals surface area contributed by atoms with Crippen molar-refractivity contribution in [3.63, 3.8) is 0 Å². The summed E-state index contributed by atoms with van der Waals surface area (Å²) in [6, 6.07) is 8.78. The fourth-order valence-corrected chi connectivity index (χ4v) is 2.45. The first-order valence-electron chi connectivity index (χ1n) is 7.15. The van der Waals surface area contributed by atoms with Crippen LogP contribution in [0, 0.1) is 12.3 Å². The molecule has 1 heterocycles. The van der Waals surface area contributed by atoms with Gasteiger partial charge in [0.2, 0.25) is 0 Å². The van der Waals surface area contributed by atoms with E-state index < -0.39 is 0 Å². The van der Waals surface area contributed by atoms with Crippen LogP contribution in [-0.4, -0.2) is 6.54 Å². The van der Waals surface area contributed by atoms with Crippen LogP contribution in [0.1, 0.15) is 51.5 Å². The molecule has 2 aromatic rings. The van der Waals surface area contributed by atoms with Crippen molar-refractivity contribution in [2.45, 2.75) is 47.1 Å². The third kappa shape index (κ3) is 3.19. The van der Waals surface area contributed by atoms with E-state index in [0.29, 0.717) is 0 Å². The number of aryl methyl sites for hydroxylation is 1. The highest BCUT2D eigenvalue weighted by atomic mass is 16.3. The highest BCUT2D eigenvalue weighted by molar-refractivity contribution is 5.78. The summed E-state index contributed by atoms with van der Waals surface area (Å²) in [6.07, 6.45) is 1.13. The van der Waals surface area contributed by atoms with Crippen LogP contribution in [0.4, 0.5) is 0 Å². The minimum atomic E-state index is 0.137. The average Bonchev–Trinajstić information content (AvgIpc) is 2.70. The molecule has 1 aromatic carbocycles. The van der Waals surface area contributed by atoms with Crippen molar-refractivity contribution in [3.8, 4) is 0 Å².